The number of hydrogen-bond donors (Lipinski definition) is 0. The summed E-state index contributed by atoms with van der Waals surface area (Å²) in [7, 11) is 0. The predicted molar refractivity (Wildman–Crippen MR) is 91.0 cm³/mol. The molecule has 0 bridgehead atoms. The molecule has 1 heterocycles. The Labute approximate surface area is 129 Å². The van der Waals surface area contributed by atoms with Gasteiger partial charge in [0.2, 0.25) is 0 Å². The minimum absolute atomic E-state index is 0.613. The second kappa shape index (κ2) is 8.50. The van der Waals surface area contributed by atoms with E-state index in [1.165, 1.54) is 18.4 Å². The second-order valence-corrected chi connectivity index (χ2v) is 5.74. The van der Waals surface area contributed by atoms with E-state index < -0.39 is 0 Å². The Bertz CT molecular complexity index is 457. The fourth-order valence-electron chi connectivity index (χ4n) is 2.63. The van der Waals surface area contributed by atoms with E-state index >= 15 is 0 Å². The Hall–Kier alpha value is -1.77. The zero-order chi connectivity index (χ0) is 14.9. The summed E-state index contributed by atoms with van der Waals surface area (Å²) in [6.45, 7) is 7.16. The van der Waals surface area contributed by atoms with Gasteiger partial charge in [0.15, 0.2) is 0 Å². The number of nitrogens with zero attached hydrogens (tertiary/aromatic N) is 3. The lowest BCUT2D eigenvalue weighted by molar-refractivity contribution is 0.220. The van der Waals surface area contributed by atoms with E-state index in [9.17, 15) is 0 Å². The normalized spacial score (nSPS) is 22.6. The van der Waals surface area contributed by atoms with Gasteiger partial charge in [-0.15, -0.1) is 0 Å². The summed E-state index contributed by atoms with van der Waals surface area (Å²) in [5.41, 5.74) is 1.33. The van der Waals surface area contributed by atoms with Crippen LogP contribution in [0.25, 0.3) is 0 Å². The maximum atomic E-state index is 4.51. The van der Waals surface area contributed by atoms with Gasteiger partial charge in [-0.2, -0.15) is 5.10 Å². The average Bonchev–Trinajstić information content (AvgIpc) is 2.74. The highest BCUT2D eigenvalue weighted by Crippen LogP contribution is 2.16. The van der Waals surface area contributed by atoms with Crippen molar-refractivity contribution in [3.63, 3.8) is 0 Å². The average molecular weight is 285 g/mol. The fourth-order valence-corrected chi connectivity index (χ4v) is 2.63. The van der Waals surface area contributed by atoms with Crippen LogP contribution >= 0.6 is 0 Å². The van der Waals surface area contributed by atoms with Gasteiger partial charge in [-0.25, -0.2) is 0 Å². The third-order valence-corrected chi connectivity index (χ3v) is 3.75. The molecule has 2 aliphatic rings. The Kier molecular flexibility index (Phi) is 6.32. The van der Waals surface area contributed by atoms with Gasteiger partial charge in [-0.05, 0) is 32.1 Å². The number of allylic oxidation sites excluding steroid dienone is 6. The lowest BCUT2D eigenvalue weighted by atomic mass is 10.0. The third kappa shape index (κ3) is 5.62. The van der Waals surface area contributed by atoms with E-state index in [1.807, 2.05) is 6.34 Å². The van der Waals surface area contributed by atoms with Gasteiger partial charge in [0.1, 0.15) is 13.0 Å². The molecule has 1 aliphatic heterocycles. The topological polar surface area (TPSA) is 18.8 Å². The molecule has 0 radical (unpaired) electrons. The molecule has 0 aromatic carbocycles. The van der Waals surface area contributed by atoms with Gasteiger partial charge in [0, 0.05) is 13.1 Å². The first kappa shape index (κ1) is 15.6. The van der Waals surface area contributed by atoms with E-state index in [2.05, 4.69) is 71.4 Å². The van der Waals surface area contributed by atoms with Gasteiger partial charge in [-0.1, -0.05) is 55.0 Å². The van der Waals surface area contributed by atoms with Crippen LogP contribution in [0.2, 0.25) is 0 Å². The number of hydrazone groups is 1. The molecular weight excluding hydrogens is 258 g/mol. The molecule has 0 amide bonds. The van der Waals surface area contributed by atoms with Crippen molar-refractivity contribution < 1.29 is 0 Å². The van der Waals surface area contributed by atoms with E-state index in [0.29, 0.717) is 5.92 Å². The van der Waals surface area contributed by atoms with Crippen LogP contribution in [0.5, 0.6) is 0 Å². The SMILES string of the molecule is CC/C=C(C)\C=C/CN1C=NN(CC2C=CC=CCC2)C1. The molecule has 0 saturated carbocycles. The summed E-state index contributed by atoms with van der Waals surface area (Å²) in [5, 5.41) is 6.68. The summed E-state index contributed by atoms with van der Waals surface area (Å²) in [4.78, 5) is 2.24. The summed E-state index contributed by atoms with van der Waals surface area (Å²) in [5.74, 6) is 0.613. The molecule has 2 rings (SSSR count). The molecule has 3 nitrogen and oxygen atoms in total. The van der Waals surface area contributed by atoms with Crippen LogP contribution < -0.4 is 0 Å². The van der Waals surface area contributed by atoms with E-state index in [0.717, 1.165) is 26.2 Å². The monoisotopic (exact) mass is 285 g/mol. The van der Waals surface area contributed by atoms with Crippen molar-refractivity contribution in [3.8, 4) is 0 Å². The van der Waals surface area contributed by atoms with Crippen molar-refractivity contribution >= 4 is 6.34 Å². The highest BCUT2D eigenvalue weighted by molar-refractivity contribution is 5.56. The van der Waals surface area contributed by atoms with E-state index in [-0.39, 0.29) is 0 Å². The summed E-state index contributed by atoms with van der Waals surface area (Å²) in [6.07, 6.45) is 21.0. The molecule has 0 spiro atoms. The first-order valence-electron chi connectivity index (χ1n) is 7.97. The third-order valence-electron chi connectivity index (χ3n) is 3.75. The zero-order valence-electron chi connectivity index (χ0n) is 13.3. The maximum Gasteiger partial charge on any atom is 0.113 e. The van der Waals surface area contributed by atoms with Crippen LogP contribution in [0.3, 0.4) is 0 Å². The summed E-state index contributed by atoms with van der Waals surface area (Å²) >= 11 is 0. The van der Waals surface area contributed by atoms with Crippen molar-refractivity contribution in [2.75, 3.05) is 19.8 Å². The van der Waals surface area contributed by atoms with Gasteiger partial charge < -0.3 is 4.90 Å². The highest BCUT2D eigenvalue weighted by Gasteiger charge is 2.16. The van der Waals surface area contributed by atoms with Gasteiger partial charge in [0.05, 0.1) is 0 Å². The van der Waals surface area contributed by atoms with Gasteiger partial charge in [-0.3, -0.25) is 5.01 Å². The number of hydrogen-bond acceptors (Lipinski definition) is 3. The molecule has 0 aromatic heterocycles. The molecule has 0 fully saturated rings. The summed E-state index contributed by atoms with van der Waals surface area (Å²) < 4.78 is 0. The van der Waals surface area contributed by atoms with Crippen molar-refractivity contribution in [2.24, 2.45) is 11.0 Å². The van der Waals surface area contributed by atoms with Crippen molar-refractivity contribution in [1.29, 1.82) is 0 Å². The van der Waals surface area contributed by atoms with Crippen LogP contribution in [-0.4, -0.2) is 36.0 Å². The van der Waals surface area contributed by atoms with Crippen molar-refractivity contribution in [2.45, 2.75) is 33.1 Å². The molecule has 1 atom stereocenters. The van der Waals surface area contributed by atoms with Crippen LogP contribution in [-0.2, 0) is 0 Å². The van der Waals surface area contributed by atoms with Crippen molar-refractivity contribution in [3.05, 3.63) is 48.1 Å². The van der Waals surface area contributed by atoms with Crippen LogP contribution in [0.4, 0.5) is 0 Å². The molecular formula is C18H27N3. The maximum absolute atomic E-state index is 4.51. The molecule has 1 aliphatic carbocycles. The molecule has 0 N–H and O–H groups in total. The molecule has 0 aromatic rings. The first-order valence-corrected chi connectivity index (χ1v) is 7.97. The fraction of sp³-hybridized carbons (Fsp3) is 0.500. The minimum Gasteiger partial charge on any atom is -0.338 e. The van der Waals surface area contributed by atoms with E-state index in [1.54, 1.807) is 0 Å². The van der Waals surface area contributed by atoms with Crippen molar-refractivity contribution in [1.82, 2.24) is 9.91 Å². The molecule has 1 unspecified atom stereocenters. The van der Waals surface area contributed by atoms with Gasteiger partial charge >= 0.3 is 0 Å². The second-order valence-electron chi connectivity index (χ2n) is 5.74. The lowest BCUT2D eigenvalue weighted by Crippen LogP contribution is -2.29. The smallest absolute Gasteiger partial charge is 0.113 e. The Morgan fingerprint density at radius 1 is 1.38 bits per heavy atom. The largest absolute Gasteiger partial charge is 0.338 e. The van der Waals surface area contributed by atoms with Crippen LogP contribution in [0, 0.1) is 5.92 Å². The Morgan fingerprint density at radius 2 is 2.29 bits per heavy atom. The Morgan fingerprint density at radius 3 is 3.14 bits per heavy atom. The zero-order valence-corrected chi connectivity index (χ0v) is 13.3. The molecule has 3 heteroatoms. The molecule has 114 valence electrons. The first-order chi connectivity index (χ1) is 10.3. The summed E-state index contributed by atoms with van der Waals surface area (Å²) in [6, 6.07) is 0. The molecule has 21 heavy (non-hydrogen) atoms. The highest BCUT2D eigenvalue weighted by atomic mass is 15.6. The van der Waals surface area contributed by atoms with E-state index in [4.69, 9.17) is 0 Å². The van der Waals surface area contributed by atoms with Gasteiger partial charge in [0.25, 0.3) is 0 Å². The predicted octanol–water partition coefficient (Wildman–Crippen LogP) is 3.94. The standard InChI is InChI=1S/C18H27N3/c1-3-9-17(2)10-8-13-20-15-19-21(16-20)14-18-11-6-4-5-7-12-18/h4-6,8-11,15,18H,3,7,12-14,16H2,1-2H3/b10-8-,17-9-. The quantitative estimate of drug-likeness (QED) is 0.688. The van der Waals surface area contributed by atoms with Crippen LogP contribution in [0.1, 0.15) is 33.1 Å². The number of rotatable bonds is 6. The molecule has 0 saturated heterocycles. The lowest BCUT2D eigenvalue weighted by Gasteiger charge is -2.21. The Balaban J connectivity index is 1.71. The van der Waals surface area contributed by atoms with Crippen LogP contribution in [0.15, 0.2) is 53.2 Å². The minimum atomic E-state index is 0.613.